The van der Waals surface area contributed by atoms with Crippen molar-refractivity contribution in [3.05, 3.63) is 65.7 Å². The first kappa shape index (κ1) is 25.2. The summed E-state index contributed by atoms with van der Waals surface area (Å²) in [5.74, 6) is -0.617. The van der Waals surface area contributed by atoms with Crippen LogP contribution in [0, 0.1) is 11.8 Å². The Bertz CT molecular complexity index is 1160. The highest BCUT2D eigenvalue weighted by Gasteiger charge is 2.44. The fourth-order valence-electron chi connectivity index (χ4n) is 5.62. The molecule has 3 atom stereocenters. The van der Waals surface area contributed by atoms with Gasteiger partial charge in [-0.1, -0.05) is 30.3 Å². The number of thiocarbonyl (C=S) groups is 1. The Balaban J connectivity index is 1.17. The molecule has 1 N–H and O–H groups in total. The molecule has 3 fully saturated rings. The van der Waals surface area contributed by atoms with Crippen LogP contribution in [0.25, 0.3) is 0 Å². The van der Waals surface area contributed by atoms with Gasteiger partial charge in [0.15, 0.2) is 5.11 Å². The van der Waals surface area contributed by atoms with Gasteiger partial charge in [-0.3, -0.25) is 19.3 Å². The molecule has 0 spiro atoms. The van der Waals surface area contributed by atoms with Crippen molar-refractivity contribution in [2.75, 3.05) is 38.2 Å². The van der Waals surface area contributed by atoms with Crippen molar-refractivity contribution in [1.82, 2.24) is 15.1 Å². The Hall–Kier alpha value is -3.46. The van der Waals surface area contributed by atoms with E-state index in [1.165, 1.54) is 12.8 Å². The van der Waals surface area contributed by atoms with Gasteiger partial charge in [-0.2, -0.15) is 0 Å². The zero-order valence-corrected chi connectivity index (χ0v) is 21.8. The minimum absolute atomic E-state index is 0.00601. The quantitative estimate of drug-likeness (QED) is 0.480. The lowest BCUT2D eigenvalue weighted by Gasteiger charge is -2.43. The molecule has 3 unspecified atom stereocenters. The predicted octanol–water partition coefficient (Wildman–Crippen LogP) is 2.82. The van der Waals surface area contributed by atoms with E-state index in [1.807, 2.05) is 47.4 Å². The number of anilines is 1. The number of ether oxygens (including phenoxy) is 1. The van der Waals surface area contributed by atoms with Gasteiger partial charge in [0.05, 0.1) is 25.5 Å². The maximum atomic E-state index is 13.2. The number of esters is 1. The van der Waals surface area contributed by atoms with Crippen LogP contribution in [0.2, 0.25) is 0 Å². The molecule has 2 aromatic carbocycles. The van der Waals surface area contributed by atoms with Gasteiger partial charge in [-0.25, -0.2) is 0 Å². The Morgan fingerprint density at radius 2 is 1.70 bits per heavy atom. The first-order valence-electron chi connectivity index (χ1n) is 12.8. The van der Waals surface area contributed by atoms with Gasteiger partial charge in [0.25, 0.3) is 5.91 Å². The molecule has 1 aliphatic carbocycles. The molecule has 194 valence electrons. The number of carbonyl (C=O) groups is 3. The third-order valence-corrected chi connectivity index (χ3v) is 8.09. The van der Waals surface area contributed by atoms with Crippen LogP contribution >= 0.6 is 12.2 Å². The van der Waals surface area contributed by atoms with Crippen LogP contribution in [0.4, 0.5) is 5.69 Å². The molecule has 2 amide bonds. The van der Waals surface area contributed by atoms with Gasteiger partial charge < -0.3 is 19.9 Å². The minimum Gasteiger partial charge on any atom is -0.469 e. The molecule has 5 rings (SSSR count). The molecule has 2 heterocycles. The Kier molecular flexibility index (Phi) is 7.41. The van der Waals surface area contributed by atoms with E-state index in [9.17, 15) is 14.4 Å². The third kappa shape index (κ3) is 5.32. The van der Waals surface area contributed by atoms with Crippen LogP contribution in [0.5, 0.6) is 0 Å². The molecule has 0 radical (unpaired) electrons. The van der Waals surface area contributed by atoms with Crippen molar-refractivity contribution in [2.45, 2.75) is 31.8 Å². The molecular weight excluding hydrogens is 488 g/mol. The largest absolute Gasteiger partial charge is 0.469 e. The fraction of sp³-hybridized carbons (Fsp3) is 0.429. The monoisotopic (exact) mass is 520 g/mol. The number of rotatable bonds is 5. The van der Waals surface area contributed by atoms with E-state index in [-0.39, 0.29) is 35.7 Å². The van der Waals surface area contributed by atoms with Crippen LogP contribution in [0.15, 0.2) is 54.6 Å². The average molecular weight is 521 g/mol. The molecule has 2 aromatic rings. The predicted molar refractivity (Wildman–Crippen MR) is 144 cm³/mol. The van der Waals surface area contributed by atoms with E-state index in [4.69, 9.17) is 17.0 Å². The molecule has 2 saturated heterocycles. The first-order chi connectivity index (χ1) is 17.9. The number of para-hydroxylation sites is 1. The lowest BCUT2D eigenvalue weighted by Crippen LogP contribution is -2.61. The van der Waals surface area contributed by atoms with Crippen molar-refractivity contribution in [3.8, 4) is 0 Å². The number of benzene rings is 2. The van der Waals surface area contributed by atoms with Crippen LogP contribution < -0.4 is 10.2 Å². The summed E-state index contributed by atoms with van der Waals surface area (Å²) in [7, 11) is 1.39. The van der Waals surface area contributed by atoms with E-state index < -0.39 is 0 Å². The fourth-order valence-corrected chi connectivity index (χ4v) is 5.92. The van der Waals surface area contributed by atoms with E-state index in [2.05, 4.69) is 22.3 Å². The molecule has 37 heavy (non-hydrogen) atoms. The Labute approximate surface area is 222 Å². The van der Waals surface area contributed by atoms with E-state index >= 15 is 0 Å². The minimum atomic E-state index is -0.228. The molecule has 1 saturated carbocycles. The highest BCUT2D eigenvalue weighted by atomic mass is 32.1. The van der Waals surface area contributed by atoms with Crippen molar-refractivity contribution in [1.29, 1.82) is 0 Å². The summed E-state index contributed by atoms with van der Waals surface area (Å²) in [5.41, 5.74) is 2.73. The first-order valence-corrected chi connectivity index (χ1v) is 13.2. The van der Waals surface area contributed by atoms with Gasteiger partial charge in [0.2, 0.25) is 5.91 Å². The van der Waals surface area contributed by atoms with E-state index in [1.54, 1.807) is 4.90 Å². The van der Waals surface area contributed by atoms with Crippen molar-refractivity contribution in [3.63, 3.8) is 0 Å². The van der Waals surface area contributed by atoms with E-state index in [0.29, 0.717) is 49.6 Å². The molecule has 0 bridgehead atoms. The van der Waals surface area contributed by atoms with Crippen LogP contribution in [0.1, 0.15) is 35.2 Å². The number of nitrogens with one attached hydrogen (secondary N) is 1. The normalized spacial score (nSPS) is 23.8. The van der Waals surface area contributed by atoms with Crippen LogP contribution in [-0.4, -0.2) is 72.0 Å². The molecule has 2 aliphatic heterocycles. The Morgan fingerprint density at radius 1 is 1.00 bits per heavy atom. The number of hydrogen-bond acceptors (Lipinski definition) is 6. The lowest BCUT2D eigenvalue weighted by molar-refractivity contribution is -0.149. The smallest absolute Gasteiger partial charge is 0.308 e. The number of piperazine rings is 1. The highest BCUT2D eigenvalue weighted by molar-refractivity contribution is 7.80. The van der Waals surface area contributed by atoms with Crippen molar-refractivity contribution in [2.24, 2.45) is 11.8 Å². The van der Waals surface area contributed by atoms with E-state index in [0.717, 1.165) is 18.7 Å². The summed E-state index contributed by atoms with van der Waals surface area (Å²) in [4.78, 5) is 44.1. The van der Waals surface area contributed by atoms with Crippen LogP contribution in [-0.2, 0) is 20.9 Å². The number of nitrogens with zero attached hydrogens (tertiary/aromatic N) is 3. The van der Waals surface area contributed by atoms with Crippen molar-refractivity contribution < 1.29 is 19.1 Å². The summed E-state index contributed by atoms with van der Waals surface area (Å²) < 4.78 is 4.89. The summed E-state index contributed by atoms with van der Waals surface area (Å²) >= 11 is 5.51. The maximum Gasteiger partial charge on any atom is 0.308 e. The summed E-state index contributed by atoms with van der Waals surface area (Å²) in [6.07, 6.45) is 1.81. The lowest BCUT2D eigenvalue weighted by atomic mass is 9.76. The molecular formula is C28H32N4O4S. The standard InChI is InChI=1S/C28H32N4O4S/c1-36-27(35)21-11-12-23-24(17-21)29-28(37)32(26(23)34)18-19-7-9-20(10-8-19)25(33)31-15-13-30(14-16-31)22-5-3-2-4-6-22/h2-10,21,23-24H,11-18H2,1H3,(H,29,37). The third-order valence-electron chi connectivity index (χ3n) is 7.75. The number of fused-ring (bicyclic) bond motifs is 1. The summed E-state index contributed by atoms with van der Waals surface area (Å²) in [6, 6.07) is 17.6. The van der Waals surface area contributed by atoms with Crippen molar-refractivity contribution >= 4 is 40.8 Å². The molecule has 8 nitrogen and oxygen atoms in total. The molecule has 3 aliphatic rings. The summed E-state index contributed by atoms with van der Waals surface area (Å²) in [6.45, 7) is 3.31. The second-order valence-electron chi connectivity index (χ2n) is 9.93. The SMILES string of the molecule is COC(=O)C1CCC2C(=O)N(Cc3ccc(C(=O)N4CCN(c5ccccc5)CC4)cc3)C(=S)NC2C1. The second kappa shape index (κ2) is 10.9. The zero-order chi connectivity index (χ0) is 25.9. The van der Waals surface area contributed by atoms with Gasteiger partial charge in [0, 0.05) is 43.5 Å². The zero-order valence-electron chi connectivity index (χ0n) is 21.0. The number of amides is 2. The van der Waals surface area contributed by atoms with Gasteiger partial charge in [-0.05, 0) is 61.3 Å². The van der Waals surface area contributed by atoms with Gasteiger partial charge >= 0.3 is 5.97 Å². The maximum absolute atomic E-state index is 13.2. The second-order valence-corrected chi connectivity index (χ2v) is 10.3. The highest BCUT2D eigenvalue weighted by Crippen LogP contribution is 2.34. The summed E-state index contributed by atoms with van der Waals surface area (Å²) in [5, 5.41) is 3.66. The van der Waals surface area contributed by atoms with Crippen LogP contribution in [0.3, 0.4) is 0 Å². The van der Waals surface area contributed by atoms with Gasteiger partial charge in [0.1, 0.15) is 0 Å². The molecule has 9 heteroatoms. The topological polar surface area (TPSA) is 82.2 Å². The number of methoxy groups -OCH3 is 1. The Morgan fingerprint density at radius 3 is 2.38 bits per heavy atom. The average Bonchev–Trinajstić information content (AvgIpc) is 2.95. The number of carbonyl (C=O) groups excluding carboxylic acids is 3. The van der Waals surface area contributed by atoms with Gasteiger partial charge in [-0.15, -0.1) is 0 Å². The molecule has 0 aromatic heterocycles. The number of hydrogen-bond donors (Lipinski definition) is 1.